The van der Waals surface area contributed by atoms with E-state index in [-0.39, 0.29) is 5.91 Å². The lowest BCUT2D eigenvalue weighted by molar-refractivity contribution is 0.0663. The maximum absolute atomic E-state index is 13.3. The Morgan fingerprint density at radius 1 is 0.862 bits per heavy atom. The fraction of sp³-hybridized carbons (Fsp3) is 0.261. The van der Waals surface area contributed by atoms with Crippen molar-refractivity contribution in [2.24, 2.45) is 0 Å². The number of aromatic nitrogens is 1. The number of nitrogens with zero attached hydrogens (tertiary/aromatic N) is 3. The van der Waals surface area contributed by atoms with E-state index in [1.165, 1.54) is 0 Å². The largest absolute Gasteiger partial charge is 0.336 e. The van der Waals surface area contributed by atoms with Crippen LogP contribution in [0.5, 0.6) is 0 Å². The molecular weight excluding hydrogens is 405 g/mol. The summed E-state index contributed by atoms with van der Waals surface area (Å²) in [6, 6.07) is 17.4. The molecule has 29 heavy (non-hydrogen) atoms. The first kappa shape index (κ1) is 20.0. The Balaban J connectivity index is 1.81. The predicted octanol–water partition coefficient (Wildman–Crippen LogP) is 5.15. The van der Waals surface area contributed by atoms with Gasteiger partial charge >= 0.3 is 0 Å². The van der Waals surface area contributed by atoms with E-state index in [1.54, 1.807) is 0 Å². The number of amides is 1. The normalized spacial score (nSPS) is 15.0. The summed E-state index contributed by atoms with van der Waals surface area (Å²) in [4.78, 5) is 17.5. The predicted molar refractivity (Wildman–Crippen MR) is 119 cm³/mol. The van der Waals surface area contributed by atoms with Gasteiger partial charge in [0.2, 0.25) is 0 Å². The molecule has 1 aromatic heterocycles. The van der Waals surface area contributed by atoms with Gasteiger partial charge in [0, 0.05) is 47.6 Å². The monoisotopic (exact) mass is 427 g/mol. The Morgan fingerprint density at radius 3 is 2.00 bits per heavy atom. The van der Waals surface area contributed by atoms with E-state index in [2.05, 4.69) is 16.5 Å². The first-order valence-corrected chi connectivity index (χ1v) is 10.4. The van der Waals surface area contributed by atoms with Crippen molar-refractivity contribution >= 4 is 29.1 Å². The third-order valence-corrected chi connectivity index (χ3v) is 6.00. The number of benzene rings is 2. The molecule has 0 atom stereocenters. The molecular formula is C23H23Cl2N3O. The van der Waals surface area contributed by atoms with Gasteiger partial charge in [-0.1, -0.05) is 35.3 Å². The summed E-state index contributed by atoms with van der Waals surface area (Å²) >= 11 is 12.2. The van der Waals surface area contributed by atoms with Crippen molar-refractivity contribution in [2.45, 2.75) is 6.92 Å². The van der Waals surface area contributed by atoms with Gasteiger partial charge in [-0.25, -0.2) is 0 Å². The lowest BCUT2D eigenvalue weighted by Crippen LogP contribution is -2.47. The number of rotatable bonds is 3. The maximum Gasteiger partial charge on any atom is 0.255 e. The van der Waals surface area contributed by atoms with E-state index in [9.17, 15) is 4.79 Å². The van der Waals surface area contributed by atoms with E-state index in [1.807, 2.05) is 66.4 Å². The van der Waals surface area contributed by atoms with Gasteiger partial charge < -0.3 is 14.4 Å². The highest BCUT2D eigenvalue weighted by molar-refractivity contribution is 6.30. The Hall–Kier alpha value is -2.27. The minimum atomic E-state index is 0.0820. The van der Waals surface area contributed by atoms with Crippen LogP contribution in [0.2, 0.25) is 10.0 Å². The van der Waals surface area contributed by atoms with Crippen molar-refractivity contribution in [1.82, 2.24) is 14.4 Å². The van der Waals surface area contributed by atoms with Crippen molar-refractivity contribution in [1.29, 1.82) is 0 Å². The molecule has 2 heterocycles. The maximum atomic E-state index is 13.3. The molecule has 1 amide bonds. The van der Waals surface area contributed by atoms with Gasteiger partial charge in [-0.15, -0.1) is 0 Å². The molecule has 0 spiro atoms. The molecule has 0 bridgehead atoms. The van der Waals surface area contributed by atoms with Crippen LogP contribution < -0.4 is 0 Å². The van der Waals surface area contributed by atoms with Crippen LogP contribution in [0.1, 0.15) is 16.1 Å². The second-order valence-corrected chi connectivity index (χ2v) is 8.32. The van der Waals surface area contributed by atoms with E-state index in [0.717, 1.165) is 54.4 Å². The molecule has 0 aliphatic carbocycles. The summed E-state index contributed by atoms with van der Waals surface area (Å²) in [5, 5.41) is 1.36. The molecule has 150 valence electrons. The van der Waals surface area contributed by atoms with Crippen LogP contribution in [0.3, 0.4) is 0 Å². The zero-order chi connectivity index (χ0) is 20.5. The molecule has 1 fully saturated rings. The van der Waals surface area contributed by atoms with Crippen molar-refractivity contribution < 1.29 is 4.79 Å². The molecule has 0 saturated carbocycles. The molecule has 1 saturated heterocycles. The molecule has 4 rings (SSSR count). The second-order valence-electron chi connectivity index (χ2n) is 7.44. The average Bonchev–Trinajstić information content (AvgIpc) is 3.06. The number of hydrogen-bond acceptors (Lipinski definition) is 2. The van der Waals surface area contributed by atoms with E-state index in [0.29, 0.717) is 10.0 Å². The van der Waals surface area contributed by atoms with Crippen LogP contribution in [-0.4, -0.2) is 53.5 Å². The Bertz CT molecular complexity index is 1020. The van der Waals surface area contributed by atoms with Crippen LogP contribution >= 0.6 is 23.2 Å². The standard InChI is InChI=1S/C23H23Cl2N3O/c1-16-21(23(29)27-13-11-26(2)12-14-27)15-22(17-3-5-18(24)6-4-17)28(16)20-9-7-19(25)8-10-20/h3-10,15H,11-14H2,1-2H3. The van der Waals surface area contributed by atoms with Crippen molar-refractivity contribution in [2.75, 3.05) is 33.2 Å². The average molecular weight is 428 g/mol. The van der Waals surface area contributed by atoms with E-state index >= 15 is 0 Å². The van der Waals surface area contributed by atoms with Gasteiger partial charge in [0.15, 0.2) is 0 Å². The van der Waals surface area contributed by atoms with Gasteiger partial charge in [-0.05, 0) is 62.0 Å². The minimum Gasteiger partial charge on any atom is -0.336 e. The van der Waals surface area contributed by atoms with Gasteiger partial charge in [-0.2, -0.15) is 0 Å². The smallest absolute Gasteiger partial charge is 0.255 e. The molecule has 0 radical (unpaired) electrons. The molecule has 0 unspecified atom stereocenters. The fourth-order valence-corrected chi connectivity index (χ4v) is 4.01. The van der Waals surface area contributed by atoms with Crippen LogP contribution in [0.25, 0.3) is 16.9 Å². The molecule has 4 nitrogen and oxygen atoms in total. The molecule has 3 aromatic rings. The summed E-state index contributed by atoms with van der Waals surface area (Å²) in [5.41, 5.74) is 4.58. The first-order valence-electron chi connectivity index (χ1n) is 9.66. The molecule has 1 aliphatic heterocycles. The fourth-order valence-electron chi connectivity index (χ4n) is 3.76. The van der Waals surface area contributed by atoms with Gasteiger partial charge in [-0.3, -0.25) is 4.79 Å². The SMILES string of the molecule is Cc1c(C(=O)N2CCN(C)CC2)cc(-c2ccc(Cl)cc2)n1-c1ccc(Cl)cc1. The minimum absolute atomic E-state index is 0.0820. The Labute approximate surface area is 181 Å². The Kier molecular flexibility index (Phi) is 5.68. The van der Waals surface area contributed by atoms with E-state index in [4.69, 9.17) is 23.2 Å². The lowest BCUT2D eigenvalue weighted by Gasteiger charge is -2.32. The number of halogens is 2. The highest BCUT2D eigenvalue weighted by atomic mass is 35.5. The number of likely N-dealkylation sites (N-methyl/N-ethyl adjacent to an activating group) is 1. The number of carbonyl (C=O) groups is 1. The number of carbonyl (C=O) groups excluding carboxylic acids is 1. The highest BCUT2D eigenvalue weighted by Crippen LogP contribution is 2.31. The van der Waals surface area contributed by atoms with Crippen molar-refractivity contribution in [3.8, 4) is 16.9 Å². The lowest BCUT2D eigenvalue weighted by atomic mass is 10.1. The molecule has 1 aliphatic rings. The number of hydrogen-bond donors (Lipinski definition) is 0. The summed E-state index contributed by atoms with van der Waals surface area (Å²) in [6.07, 6.45) is 0. The molecule has 2 aromatic carbocycles. The quantitative estimate of drug-likeness (QED) is 0.578. The summed E-state index contributed by atoms with van der Waals surface area (Å²) in [7, 11) is 2.09. The zero-order valence-corrected chi connectivity index (χ0v) is 18.0. The second kappa shape index (κ2) is 8.23. The van der Waals surface area contributed by atoms with Gasteiger partial charge in [0.05, 0.1) is 11.3 Å². The summed E-state index contributed by atoms with van der Waals surface area (Å²) in [6.45, 7) is 5.28. The Morgan fingerprint density at radius 2 is 1.41 bits per heavy atom. The number of piperazine rings is 1. The van der Waals surface area contributed by atoms with Crippen LogP contribution in [-0.2, 0) is 0 Å². The molecule has 6 heteroatoms. The molecule has 0 N–H and O–H groups in total. The first-order chi connectivity index (χ1) is 13.9. The van der Waals surface area contributed by atoms with Crippen LogP contribution in [0.15, 0.2) is 54.6 Å². The third-order valence-electron chi connectivity index (χ3n) is 5.49. The highest BCUT2D eigenvalue weighted by Gasteiger charge is 2.25. The van der Waals surface area contributed by atoms with E-state index < -0.39 is 0 Å². The summed E-state index contributed by atoms with van der Waals surface area (Å²) in [5.74, 6) is 0.0820. The van der Waals surface area contributed by atoms with Gasteiger partial charge in [0.1, 0.15) is 0 Å². The van der Waals surface area contributed by atoms with Gasteiger partial charge in [0.25, 0.3) is 5.91 Å². The van der Waals surface area contributed by atoms with Crippen LogP contribution in [0.4, 0.5) is 0 Å². The van der Waals surface area contributed by atoms with Crippen molar-refractivity contribution in [3.05, 3.63) is 75.9 Å². The van der Waals surface area contributed by atoms with Crippen molar-refractivity contribution in [3.63, 3.8) is 0 Å². The van der Waals surface area contributed by atoms with Crippen LogP contribution in [0, 0.1) is 6.92 Å². The topological polar surface area (TPSA) is 28.5 Å². The third kappa shape index (κ3) is 4.06. The zero-order valence-electron chi connectivity index (χ0n) is 16.5. The summed E-state index contributed by atoms with van der Waals surface area (Å²) < 4.78 is 2.11.